The molecule has 0 radical (unpaired) electrons. The van der Waals surface area contributed by atoms with Crippen molar-refractivity contribution >= 4 is 29.1 Å². The normalized spacial score (nSPS) is 11.5. The minimum atomic E-state index is -0.542. The van der Waals surface area contributed by atoms with E-state index < -0.39 is 6.04 Å². The molecule has 0 saturated heterocycles. The highest BCUT2D eigenvalue weighted by atomic mass is 35.5. The van der Waals surface area contributed by atoms with Crippen LogP contribution in [0.3, 0.4) is 0 Å². The lowest BCUT2D eigenvalue weighted by molar-refractivity contribution is -0.122. The molecule has 3 nitrogen and oxygen atoms in total. The number of benzene rings is 3. The van der Waals surface area contributed by atoms with Gasteiger partial charge in [-0.1, -0.05) is 72.8 Å². The zero-order valence-electron chi connectivity index (χ0n) is 13.3. The predicted molar refractivity (Wildman–Crippen MR) is 101 cm³/mol. The molecule has 3 N–H and O–H groups in total. The van der Waals surface area contributed by atoms with Gasteiger partial charge in [0, 0.05) is 6.54 Å². The van der Waals surface area contributed by atoms with Crippen molar-refractivity contribution < 1.29 is 4.79 Å². The fourth-order valence-electron chi connectivity index (χ4n) is 2.63. The number of nitrogens with one attached hydrogen (secondary N) is 1. The Bertz CT molecular complexity index is 805. The summed E-state index contributed by atoms with van der Waals surface area (Å²) in [6.07, 6.45) is 0.533. The molecule has 124 valence electrons. The molecule has 3 aromatic carbocycles. The van der Waals surface area contributed by atoms with Gasteiger partial charge in [-0.25, -0.2) is 0 Å². The molecular formula is C20H21ClN2O. The lowest BCUT2D eigenvalue weighted by Gasteiger charge is -2.13. The number of fused-ring (bicyclic) bond motifs is 1. The number of carbonyl (C=O) groups excluding carboxylic acids is 1. The van der Waals surface area contributed by atoms with Crippen LogP contribution in [0.15, 0.2) is 72.8 Å². The summed E-state index contributed by atoms with van der Waals surface area (Å²) in [5, 5.41) is 5.25. The van der Waals surface area contributed by atoms with Gasteiger partial charge in [-0.15, -0.1) is 12.4 Å². The van der Waals surface area contributed by atoms with Crippen molar-refractivity contribution in [1.82, 2.24) is 5.32 Å². The van der Waals surface area contributed by atoms with Gasteiger partial charge in [0.15, 0.2) is 0 Å². The lowest BCUT2D eigenvalue weighted by atomic mass is 10.0. The highest BCUT2D eigenvalue weighted by Gasteiger charge is 2.13. The van der Waals surface area contributed by atoms with E-state index in [1.54, 1.807) is 0 Å². The Morgan fingerprint density at radius 1 is 0.875 bits per heavy atom. The van der Waals surface area contributed by atoms with Crippen LogP contribution in [0.25, 0.3) is 10.8 Å². The first-order valence-electron chi connectivity index (χ1n) is 7.77. The fourth-order valence-corrected chi connectivity index (χ4v) is 2.63. The molecular weight excluding hydrogens is 320 g/mol. The number of halogens is 1. The second kappa shape index (κ2) is 8.48. The molecule has 1 amide bonds. The molecule has 0 aliphatic rings. The van der Waals surface area contributed by atoms with E-state index in [2.05, 4.69) is 29.6 Å². The molecule has 3 rings (SSSR count). The van der Waals surface area contributed by atoms with Gasteiger partial charge in [0.25, 0.3) is 0 Å². The van der Waals surface area contributed by atoms with Crippen LogP contribution in [0, 0.1) is 0 Å². The van der Waals surface area contributed by atoms with E-state index in [1.165, 1.54) is 10.8 Å². The van der Waals surface area contributed by atoms with Crippen LogP contribution < -0.4 is 11.1 Å². The Labute approximate surface area is 148 Å². The third kappa shape index (κ3) is 4.57. The smallest absolute Gasteiger partial charge is 0.237 e. The van der Waals surface area contributed by atoms with E-state index in [0.717, 1.165) is 11.1 Å². The Hall–Kier alpha value is -2.36. The molecule has 0 bridgehead atoms. The number of nitrogens with two attached hydrogens (primary N) is 1. The fraction of sp³-hybridized carbons (Fsp3) is 0.150. The molecule has 1 atom stereocenters. The molecule has 4 heteroatoms. The number of hydrogen-bond donors (Lipinski definition) is 2. The summed E-state index contributed by atoms with van der Waals surface area (Å²) in [6, 6.07) is 23.7. The molecule has 0 saturated carbocycles. The number of amides is 1. The SMILES string of the molecule is Cl.N[C@@H](Cc1ccc2ccccc2c1)C(=O)NCc1ccccc1. The van der Waals surface area contributed by atoms with Crippen LogP contribution in [0.4, 0.5) is 0 Å². The molecule has 0 spiro atoms. The van der Waals surface area contributed by atoms with Crippen LogP contribution in [-0.4, -0.2) is 11.9 Å². The Morgan fingerprint density at radius 2 is 1.54 bits per heavy atom. The Balaban J connectivity index is 0.00000208. The van der Waals surface area contributed by atoms with Crippen molar-refractivity contribution in [3.8, 4) is 0 Å². The van der Waals surface area contributed by atoms with Gasteiger partial charge in [0.05, 0.1) is 6.04 Å². The lowest BCUT2D eigenvalue weighted by Crippen LogP contribution is -2.41. The summed E-state index contributed by atoms with van der Waals surface area (Å²) in [7, 11) is 0. The van der Waals surface area contributed by atoms with Crippen molar-refractivity contribution in [2.24, 2.45) is 5.73 Å². The molecule has 3 aromatic rings. The van der Waals surface area contributed by atoms with Gasteiger partial charge < -0.3 is 11.1 Å². The minimum absolute atomic E-state index is 0. The van der Waals surface area contributed by atoms with Gasteiger partial charge in [0.2, 0.25) is 5.91 Å². The first-order valence-corrected chi connectivity index (χ1v) is 7.77. The summed E-state index contributed by atoms with van der Waals surface area (Å²) >= 11 is 0. The van der Waals surface area contributed by atoms with Crippen molar-refractivity contribution in [3.63, 3.8) is 0 Å². The van der Waals surface area contributed by atoms with Gasteiger partial charge in [-0.2, -0.15) is 0 Å². The van der Waals surface area contributed by atoms with Crippen LogP contribution >= 0.6 is 12.4 Å². The molecule has 0 unspecified atom stereocenters. The standard InChI is InChI=1S/C20H20N2O.ClH/c21-19(20(23)22-14-15-6-2-1-3-7-15)13-16-10-11-17-8-4-5-9-18(17)12-16;/h1-12,19H,13-14,21H2,(H,22,23);1H/t19-;/m0./s1. The maximum atomic E-state index is 12.1. The first kappa shape index (κ1) is 18.0. The van der Waals surface area contributed by atoms with E-state index in [0.29, 0.717) is 13.0 Å². The topological polar surface area (TPSA) is 55.1 Å². The summed E-state index contributed by atoms with van der Waals surface area (Å²) in [4.78, 5) is 12.1. The summed E-state index contributed by atoms with van der Waals surface area (Å²) in [5.74, 6) is -0.123. The Kier molecular flexibility index (Phi) is 6.36. The first-order chi connectivity index (χ1) is 11.2. The summed E-state index contributed by atoms with van der Waals surface area (Å²) in [5.41, 5.74) is 8.19. The van der Waals surface area contributed by atoms with Crippen LogP contribution in [0.2, 0.25) is 0 Å². The molecule has 0 fully saturated rings. The maximum absolute atomic E-state index is 12.1. The molecule has 0 aliphatic carbocycles. The quantitative estimate of drug-likeness (QED) is 0.747. The van der Waals surface area contributed by atoms with E-state index in [9.17, 15) is 4.79 Å². The van der Waals surface area contributed by atoms with Gasteiger partial charge in [0.1, 0.15) is 0 Å². The largest absolute Gasteiger partial charge is 0.351 e. The average molecular weight is 341 g/mol. The van der Waals surface area contributed by atoms with E-state index in [1.807, 2.05) is 48.5 Å². The Morgan fingerprint density at radius 3 is 2.29 bits per heavy atom. The van der Waals surface area contributed by atoms with Crippen molar-refractivity contribution in [3.05, 3.63) is 83.9 Å². The maximum Gasteiger partial charge on any atom is 0.237 e. The van der Waals surface area contributed by atoms with Gasteiger partial charge in [-0.3, -0.25) is 4.79 Å². The van der Waals surface area contributed by atoms with Crippen LogP contribution in [0.1, 0.15) is 11.1 Å². The average Bonchev–Trinajstić information content (AvgIpc) is 2.60. The molecule has 0 aliphatic heterocycles. The van der Waals surface area contributed by atoms with Crippen molar-refractivity contribution in [2.75, 3.05) is 0 Å². The summed E-state index contributed by atoms with van der Waals surface area (Å²) < 4.78 is 0. The molecule has 0 aromatic heterocycles. The number of hydrogen-bond acceptors (Lipinski definition) is 2. The summed E-state index contributed by atoms with van der Waals surface area (Å²) in [6.45, 7) is 0.505. The van der Waals surface area contributed by atoms with E-state index in [4.69, 9.17) is 5.73 Å². The predicted octanol–water partition coefficient (Wildman–Crippen LogP) is 3.45. The number of carbonyl (C=O) groups is 1. The van der Waals surface area contributed by atoms with Crippen molar-refractivity contribution in [1.29, 1.82) is 0 Å². The molecule has 24 heavy (non-hydrogen) atoms. The molecule has 0 heterocycles. The van der Waals surface area contributed by atoms with Crippen LogP contribution in [0.5, 0.6) is 0 Å². The monoisotopic (exact) mass is 340 g/mol. The zero-order chi connectivity index (χ0) is 16.1. The third-order valence-electron chi connectivity index (χ3n) is 3.92. The number of rotatable bonds is 5. The van der Waals surface area contributed by atoms with Crippen LogP contribution in [-0.2, 0) is 17.8 Å². The minimum Gasteiger partial charge on any atom is -0.351 e. The second-order valence-corrected chi connectivity index (χ2v) is 5.70. The van der Waals surface area contributed by atoms with Gasteiger partial charge in [-0.05, 0) is 28.3 Å². The third-order valence-corrected chi connectivity index (χ3v) is 3.92. The van der Waals surface area contributed by atoms with E-state index in [-0.39, 0.29) is 18.3 Å². The highest BCUT2D eigenvalue weighted by Crippen LogP contribution is 2.16. The van der Waals surface area contributed by atoms with Crippen molar-refractivity contribution in [2.45, 2.75) is 19.0 Å². The van der Waals surface area contributed by atoms with E-state index >= 15 is 0 Å². The highest BCUT2D eigenvalue weighted by molar-refractivity contribution is 5.85. The zero-order valence-corrected chi connectivity index (χ0v) is 14.1. The second-order valence-electron chi connectivity index (χ2n) is 5.70. The van der Waals surface area contributed by atoms with Gasteiger partial charge >= 0.3 is 0 Å².